The van der Waals surface area contributed by atoms with Gasteiger partial charge in [0.15, 0.2) is 0 Å². The van der Waals surface area contributed by atoms with Gasteiger partial charge in [0.2, 0.25) is 5.91 Å². The molecular formula is C16H15Cl2NO3. The molecule has 0 aliphatic carbocycles. The first kappa shape index (κ1) is 16.5. The number of amides is 1. The van der Waals surface area contributed by atoms with Gasteiger partial charge in [-0.05, 0) is 48.9 Å². The van der Waals surface area contributed by atoms with Gasteiger partial charge in [-0.1, -0.05) is 23.2 Å². The van der Waals surface area contributed by atoms with Gasteiger partial charge < -0.3 is 15.2 Å². The van der Waals surface area contributed by atoms with Crippen molar-refractivity contribution in [2.45, 2.75) is 12.8 Å². The minimum absolute atomic E-state index is 0.114. The lowest BCUT2D eigenvalue weighted by Gasteiger charge is -2.08. The fraction of sp³-hybridized carbons (Fsp3) is 0.188. The minimum atomic E-state index is -0.114. The molecule has 0 saturated heterocycles. The van der Waals surface area contributed by atoms with Crippen LogP contribution in [0, 0.1) is 0 Å². The van der Waals surface area contributed by atoms with E-state index in [0.717, 1.165) is 0 Å². The van der Waals surface area contributed by atoms with E-state index in [9.17, 15) is 4.79 Å². The number of hydrogen-bond donors (Lipinski definition) is 2. The summed E-state index contributed by atoms with van der Waals surface area (Å²) >= 11 is 11.8. The highest BCUT2D eigenvalue weighted by Crippen LogP contribution is 2.27. The molecule has 2 aromatic rings. The fourth-order valence-corrected chi connectivity index (χ4v) is 2.24. The van der Waals surface area contributed by atoms with E-state index in [2.05, 4.69) is 5.32 Å². The Morgan fingerprint density at radius 3 is 2.55 bits per heavy atom. The molecule has 0 aliphatic rings. The van der Waals surface area contributed by atoms with Crippen molar-refractivity contribution >= 4 is 34.8 Å². The van der Waals surface area contributed by atoms with Crippen LogP contribution in [0.25, 0.3) is 0 Å². The zero-order valence-corrected chi connectivity index (χ0v) is 13.2. The lowest BCUT2D eigenvalue weighted by atomic mass is 10.2. The Hall–Kier alpha value is -1.91. The van der Waals surface area contributed by atoms with E-state index < -0.39 is 0 Å². The van der Waals surface area contributed by atoms with Crippen molar-refractivity contribution in [3.05, 3.63) is 52.5 Å². The van der Waals surface area contributed by atoms with E-state index in [1.54, 1.807) is 30.3 Å². The Kier molecular flexibility index (Phi) is 5.92. The van der Waals surface area contributed by atoms with Crippen LogP contribution in [0.2, 0.25) is 10.0 Å². The van der Waals surface area contributed by atoms with Crippen molar-refractivity contribution in [2.24, 2.45) is 0 Å². The summed E-state index contributed by atoms with van der Waals surface area (Å²) < 4.78 is 5.50. The molecule has 0 bridgehead atoms. The van der Waals surface area contributed by atoms with Crippen molar-refractivity contribution in [1.82, 2.24) is 0 Å². The standard InChI is InChI=1S/C16H15Cl2NO3/c17-11-3-8-15(14(18)10-11)22-9-1-2-16(21)19-12-4-6-13(20)7-5-12/h3-8,10,20H,1-2,9H2,(H,19,21). The Balaban J connectivity index is 1.72. The molecule has 0 fully saturated rings. The lowest BCUT2D eigenvalue weighted by molar-refractivity contribution is -0.116. The summed E-state index contributed by atoms with van der Waals surface area (Å²) in [5, 5.41) is 12.9. The number of carbonyl (C=O) groups is 1. The van der Waals surface area contributed by atoms with Crippen molar-refractivity contribution in [3.8, 4) is 11.5 Å². The molecule has 6 heteroatoms. The number of hydrogen-bond acceptors (Lipinski definition) is 3. The van der Waals surface area contributed by atoms with E-state index in [4.69, 9.17) is 33.0 Å². The Labute approximate surface area is 138 Å². The molecule has 2 rings (SSSR count). The summed E-state index contributed by atoms with van der Waals surface area (Å²) in [5.74, 6) is 0.591. The van der Waals surface area contributed by atoms with Crippen molar-refractivity contribution < 1.29 is 14.6 Å². The second-order valence-electron chi connectivity index (χ2n) is 4.62. The largest absolute Gasteiger partial charge is 0.508 e. The first-order chi connectivity index (χ1) is 10.5. The summed E-state index contributed by atoms with van der Waals surface area (Å²) in [7, 11) is 0. The minimum Gasteiger partial charge on any atom is -0.508 e. The predicted octanol–water partition coefficient (Wildman–Crippen LogP) is 4.50. The monoisotopic (exact) mass is 339 g/mol. The summed E-state index contributed by atoms with van der Waals surface area (Å²) in [6.45, 7) is 0.379. The van der Waals surface area contributed by atoms with Gasteiger partial charge >= 0.3 is 0 Å². The second-order valence-corrected chi connectivity index (χ2v) is 5.47. The highest BCUT2D eigenvalue weighted by Gasteiger charge is 2.05. The number of anilines is 1. The van der Waals surface area contributed by atoms with Gasteiger partial charge in [0.1, 0.15) is 11.5 Å². The first-order valence-corrected chi connectivity index (χ1v) is 7.47. The van der Waals surface area contributed by atoms with E-state index in [0.29, 0.717) is 40.9 Å². The number of phenols is 1. The number of phenolic OH excluding ortho intramolecular Hbond substituents is 1. The van der Waals surface area contributed by atoms with Crippen LogP contribution in [-0.2, 0) is 4.79 Å². The number of rotatable bonds is 6. The smallest absolute Gasteiger partial charge is 0.224 e. The van der Waals surface area contributed by atoms with Crippen LogP contribution in [0.15, 0.2) is 42.5 Å². The van der Waals surface area contributed by atoms with E-state index in [-0.39, 0.29) is 11.7 Å². The molecule has 0 radical (unpaired) electrons. The van der Waals surface area contributed by atoms with Crippen LogP contribution < -0.4 is 10.1 Å². The molecule has 0 aromatic heterocycles. The van der Waals surface area contributed by atoms with Crippen LogP contribution in [0.1, 0.15) is 12.8 Å². The molecule has 0 saturated carbocycles. The number of halogens is 2. The maximum absolute atomic E-state index is 11.7. The van der Waals surface area contributed by atoms with Crippen LogP contribution in [0.4, 0.5) is 5.69 Å². The van der Waals surface area contributed by atoms with Crippen molar-refractivity contribution in [2.75, 3.05) is 11.9 Å². The zero-order valence-electron chi connectivity index (χ0n) is 11.7. The lowest BCUT2D eigenvalue weighted by Crippen LogP contribution is -2.12. The number of nitrogens with one attached hydrogen (secondary N) is 1. The van der Waals surface area contributed by atoms with Gasteiger partial charge in [-0.2, -0.15) is 0 Å². The number of ether oxygens (including phenoxy) is 1. The van der Waals surface area contributed by atoms with Gasteiger partial charge in [0.05, 0.1) is 11.6 Å². The van der Waals surface area contributed by atoms with Crippen LogP contribution in [-0.4, -0.2) is 17.6 Å². The highest BCUT2D eigenvalue weighted by atomic mass is 35.5. The molecule has 0 aliphatic heterocycles. The second kappa shape index (κ2) is 7.92. The zero-order chi connectivity index (χ0) is 15.9. The van der Waals surface area contributed by atoms with E-state index in [1.165, 1.54) is 12.1 Å². The summed E-state index contributed by atoms with van der Waals surface area (Å²) in [6, 6.07) is 11.3. The van der Waals surface area contributed by atoms with Gasteiger partial charge in [0.25, 0.3) is 0 Å². The quantitative estimate of drug-likeness (QED) is 0.601. The molecule has 4 nitrogen and oxygen atoms in total. The van der Waals surface area contributed by atoms with Gasteiger partial charge in [-0.15, -0.1) is 0 Å². The Morgan fingerprint density at radius 1 is 1.14 bits per heavy atom. The Bertz CT molecular complexity index is 644. The third kappa shape index (κ3) is 5.13. The molecule has 0 spiro atoms. The highest BCUT2D eigenvalue weighted by molar-refractivity contribution is 6.35. The molecule has 0 unspecified atom stereocenters. The molecule has 22 heavy (non-hydrogen) atoms. The fourth-order valence-electron chi connectivity index (χ4n) is 1.78. The summed E-state index contributed by atoms with van der Waals surface area (Å²) in [6.07, 6.45) is 0.884. The first-order valence-electron chi connectivity index (χ1n) is 6.71. The molecule has 116 valence electrons. The molecular weight excluding hydrogens is 325 g/mol. The molecule has 1 amide bonds. The number of aromatic hydroxyl groups is 1. The average Bonchev–Trinajstić information content (AvgIpc) is 2.48. The topological polar surface area (TPSA) is 58.6 Å². The maximum atomic E-state index is 11.7. The molecule has 0 atom stereocenters. The van der Waals surface area contributed by atoms with Crippen LogP contribution in [0.3, 0.4) is 0 Å². The summed E-state index contributed by atoms with van der Waals surface area (Å²) in [5.41, 5.74) is 0.643. The van der Waals surface area contributed by atoms with Gasteiger partial charge in [-0.25, -0.2) is 0 Å². The van der Waals surface area contributed by atoms with Gasteiger partial charge in [0, 0.05) is 17.1 Å². The SMILES string of the molecule is O=C(CCCOc1ccc(Cl)cc1Cl)Nc1ccc(O)cc1. The average molecular weight is 340 g/mol. The Morgan fingerprint density at radius 2 is 1.86 bits per heavy atom. The van der Waals surface area contributed by atoms with E-state index in [1.807, 2.05) is 0 Å². The van der Waals surface area contributed by atoms with E-state index >= 15 is 0 Å². The number of carbonyl (C=O) groups excluding carboxylic acids is 1. The number of benzene rings is 2. The van der Waals surface area contributed by atoms with Gasteiger partial charge in [-0.3, -0.25) is 4.79 Å². The summed E-state index contributed by atoms with van der Waals surface area (Å²) in [4.78, 5) is 11.7. The normalized spacial score (nSPS) is 10.3. The molecule has 0 heterocycles. The van der Waals surface area contributed by atoms with Crippen LogP contribution >= 0.6 is 23.2 Å². The third-order valence-corrected chi connectivity index (χ3v) is 3.38. The van der Waals surface area contributed by atoms with Crippen molar-refractivity contribution in [3.63, 3.8) is 0 Å². The predicted molar refractivity (Wildman–Crippen MR) is 87.9 cm³/mol. The maximum Gasteiger partial charge on any atom is 0.224 e. The molecule has 2 aromatic carbocycles. The third-order valence-electron chi connectivity index (χ3n) is 2.85. The van der Waals surface area contributed by atoms with Crippen LogP contribution in [0.5, 0.6) is 11.5 Å². The molecule has 2 N–H and O–H groups in total. The van der Waals surface area contributed by atoms with Crippen molar-refractivity contribution in [1.29, 1.82) is 0 Å².